The Morgan fingerprint density at radius 2 is 1.96 bits per heavy atom. The molecule has 1 aliphatic heterocycles. The van der Waals surface area contributed by atoms with Crippen molar-refractivity contribution in [1.29, 1.82) is 0 Å². The summed E-state index contributed by atoms with van der Waals surface area (Å²) < 4.78 is 5.31. The molecule has 2 heterocycles. The summed E-state index contributed by atoms with van der Waals surface area (Å²) in [5.74, 6) is 0.893. The summed E-state index contributed by atoms with van der Waals surface area (Å²) in [5, 5.41) is 3.49. The largest absolute Gasteiger partial charge is 0.497 e. The molecule has 24 heavy (non-hydrogen) atoms. The first-order valence-electron chi connectivity index (χ1n) is 8.85. The fourth-order valence-corrected chi connectivity index (χ4v) is 3.29. The third-order valence-electron chi connectivity index (χ3n) is 4.71. The molecule has 1 saturated heterocycles. The molecular formula is C20H27N3O. The van der Waals surface area contributed by atoms with Crippen LogP contribution in [-0.4, -0.2) is 43.2 Å². The van der Waals surface area contributed by atoms with Crippen molar-refractivity contribution < 1.29 is 4.74 Å². The molecule has 0 spiro atoms. The number of pyridine rings is 1. The van der Waals surface area contributed by atoms with Crippen molar-refractivity contribution in [3.05, 3.63) is 59.4 Å². The van der Waals surface area contributed by atoms with Crippen LogP contribution in [0.25, 0.3) is 0 Å². The van der Waals surface area contributed by atoms with E-state index >= 15 is 0 Å². The lowest BCUT2D eigenvalue weighted by atomic mass is 10.00. The molecule has 1 aliphatic rings. The number of hydrogen-bond acceptors (Lipinski definition) is 4. The van der Waals surface area contributed by atoms with Gasteiger partial charge in [0.2, 0.25) is 0 Å². The van der Waals surface area contributed by atoms with Crippen molar-refractivity contribution in [2.24, 2.45) is 0 Å². The van der Waals surface area contributed by atoms with Crippen LogP contribution >= 0.6 is 0 Å². The maximum atomic E-state index is 5.31. The van der Waals surface area contributed by atoms with E-state index in [-0.39, 0.29) is 6.04 Å². The van der Waals surface area contributed by atoms with Crippen molar-refractivity contribution in [1.82, 2.24) is 15.2 Å². The smallest absolute Gasteiger partial charge is 0.118 e. The first kappa shape index (κ1) is 16.9. The highest BCUT2D eigenvalue weighted by atomic mass is 16.5. The molecule has 1 aromatic carbocycles. The van der Waals surface area contributed by atoms with Crippen LogP contribution < -0.4 is 10.1 Å². The molecule has 1 N–H and O–H groups in total. The van der Waals surface area contributed by atoms with E-state index in [9.17, 15) is 0 Å². The molecule has 0 amide bonds. The standard InChI is InChI=1S/C20H27N3O/c1-3-16-5-10-19(22-15-16)20(23-13-4-11-21-12-14-23)17-6-8-18(24-2)9-7-17/h5-10,15,20-21H,3-4,11-14H2,1-2H3. The van der Waals surface area contributed by atoms with E-state index in [4.69, 9.17) is 9.72 Å². The number of benzene rings is 1. The van der Waals surface area contributed by atoms with Crippen LogP contribution in [0.2, 0.25) is 0 Å². The molecule has 0 aliphatic carbocycles. The zero-order chi connectivity index (χ0) is 16.8. The minimum atomic E-state index is 0.196. The van der Waals surface area contributed by atoms with E-state index in [0.29, 0.717) is 0 Å². The van der Waals surface area contributed by atoms with Gasteiger partial charge in [-0.25, -0.2) is 0 Å². The molecule has 1 fully saturated rings. The van der Waals surface area contributed by atoms with Crippen molar-refractivity contribution in [3.8, 4) is 5.75 Å². The molecule has 1 aromatic heterocycles. The highest BCUT2D eigenvalue weighted by Crippen LogP contribution is 2.29. The minimum Gasteiger partial charge on any atom is -0.497 e. The lowest BCUT2D eigenvalue weighted by molar-refractivity contribution is 0.237. The number of rotatable bonds is 5. The van der Waals surface area contributed by atoms with Crippen LogP contribution in [0.3, 0.4) is 0 Å². The van der Waals surface area contributed by atoms with Gasteiger partial charge in [0.25, 0.3) is 0 Å². The van der Waals surface area contributed by atoms with E-state index in [2.05, 4.69) is 41.4 Å². The first-order valence-corrected chi connectivity index (χ1v) is 8.85. The molecule has 0 saturated carbocycles. The third-order valence-corrected chi connectivity index (χ3v) is 4.71. The molecule has 0 radical (unpaired) electrons. The Kier molecular flexibility index (Phi) is 5.83. The number of ether oxygens (including phenoxy) is 1. The van der Waals surface area contributed by atoms with E-state index in [1.165, 1.54) is 17.5 Å². The quantitative estimate of drug-likeness (QED) is 0.917. The summed E-state index contributed by atoms with van der Waals surface area (Å²) in [6.07, 6.45) is 4.20. The molecule has 1 atom stereocenters. The average Bonchev–Trinajstić information content (AvgIpc) is 2.92. The summed E-state index contributed by atoms with van der Waals surface area (Å²) in [5.41, 5.74) is 3.68. The normalized spacial score (nSPS) is 17.2. The fourth-order valence-electron chi connectivity index (χ4n) is 3.29. The first-order chi connectivity index (χ1) is 11.8. The molecule has 3 rings (SSSR count). The van der Waals surface area contributed by atoms with Crippen LogP contribution in [0.4, 0.5) is 0 Å². The van der Waals surface area contributed by atoms with E-state index in [0.717, 1.165) is 44.0 Å². The van der Waals surface area contributed by atoms with Gasteiger partial charge in [0, 0.05) is 25.8 Å². The van der Waals surface area contributed by atoms with Crippen molar-refractivity contribution in [2.45, 2.75) is 25.8 Å². The van der Waals surface area contributed by atoms with Crippen LogP contribution in [0.15, 0.2) is 42.6 Å². The predicted molar refractivity (Wildman–Crippen MR) is 97.5 cm³/mol. The molecule has 0 bridgehead atoms. The van der Waals surface area contributed by atoms with Gasteiger partial charge in [0.05, 0.1) is 18.8 Å². The molecule has 1 unspecified atom stereocenters. The van der Waals surface area contributed by atoms with Gasteiger partial charge < -0.3 is 10.1 Å². The Labute approximate surface area is 144 Å². The number of aryl methyl sites for hydroxylation is 1. The Balaban J connectivity index is 1.94. The summed E-state index contributed by atoms with van der Waals surface area (Å²) in [6.45, 7) is 6.40. The molecular weight excluding hydrogens is 298 g/mol. The van der Waals surface area contributed by atoms with Gasteiger partial charge in [-0.15, -0.1) is 0 Å². The van der Waals surface area contributed by atoms with Gasteiger partial charge in [0.15, 0.2) is 0 Å². The topological polar surface area (TPSA) is 37.4 Å². The summed E-state index contributed by atoms with van der Waals surface area (Å²) in [6, 6.07) is 13.0. The zero-order valence-electron chi connectivity index (χ0n) is 14.7. The van der Waals surface area contributed by atoms with Gasteiger partial charge in [-0.2, -0.15) is 0 Å². The minimum absolute atomic E-state index is 0.196. The lowest BCUT2D eigenvalue weighted by Crippen LogP contribution is -2.33. The number of methoxy groups -OCH3 is 1. The number of aromatic nitrogens is 1. The van der Waals surface area contributed by atoms with E-state index < -0.39 is 0 Å². The monoisotopic (exact) mass is 325 g/mol. The predicted octanol–water partition coefficient (Wildman–Crippen LogP) is 3.04. The second-order valence-corrected chi connectivity index (χ2v) is 6.26. The van der Waals surface area contributed by atoms with Crippen LogP contribution in [-0.2, 0) is 6.42 Å². The number of nitrogens with one attached hydrogen (secondary N) is 1. The fraction of sp³-hybridized carbons (Fsp3) is 0.450. The van der Waals surface area contributed by atoms with E-state index in [1.54, 1.807) is 7.11 Å². The van der Waals surface area contributed by atoms with Gasteiger partial charge in [0.1, 0.15) is 5.75 Å². The second-order valence-electron chi connectivity index (χ2n) is 6.26. The maximum absolute atomic E-state index is 5.31. The molecule has 4 heteroatoms. The summed E-state index contributed by atoms with van der Waals surface area (Å²) >= 11 is 0. The van der Waals surface area contributed by atoms with Crippen LogP contribution in [0.5, 0.6) is 5.75 Å². The zero-order valence-corrected chi connectivity index (χ0v) is 14.7. The Morgan fingerprint density at radius 3 is 2.62 bits per heavy atom. The van der Waals surface area contributed by atoms with Gasteiger partial charge in [-0.1, -0.05) is 25.1 Å². The second kappa shape index (κ2) is 8.27. The lowest BCUT2D eigenvalue weighted by Gasteiger charge is -2.30. The molecule has 2 aromatic rings. The molecule has 4 nitrogen and oxygen atoms in total. The highest BCUT2D eigenvalue weighted by molar-refractivity contribution is 5.34. The van der Waals surface area contributed by atoms with Gasteiger partial charge in [-0.3, -0.25) is 9.88 Å². The summed E-state index contributed by atoms with van der Waals surface area (Å²) in [7, 11) is 1.71. The van der Waals surface area contributed by atoms with Crippen molar-refractivity contribution in [3.63, 3.8) is 0 Å². The van der Waals surface area contributed by atoms with Gasteiger partial charge >= 0.3 is 0 Å². The maximum Gasteiger partial charge on any atom is 0.118 e. The van der Waals surface area contributed by atoms with E-state index in [1.807, 2.05) is 18.3 Å². The van der Waals surface area contributed by atoms with Crippen LogP contribution in [0.1, 0.15) is 36.2 Å². The van der Waals surface area contributed by atoms with Crippen molar-refractivity contribution in [2.75, 3.05) is 33.3 Å². The van der Waals surface area contributed by atoms with Crippen molar-refractivity contribution >= 4 is 0 Å². The van der Waals surface area contributed by atoms with Crippen LogP contribution in [0, 0.1) is 0 Å². The Bertz CT molecular complexity index is 569. The Hall–Kier alpha value is -1.91. The number of hydrogen-bond donors (Lipinski definition) is 1. The Morgan fingerprint density at radius 1 is 1.12 bits per heavy atom. The average molecular weight is 325 g/mol. The SMILES string of the molecule is CCc1ccc(C(c2ccc(OC)cc2)N2CCCNCC2)nc1. The number of nitrogens with zero attached hydrogens (tertiary/aromatic N) is 2. The summed E-state index contributed by atoms with van der Waals surface area (Å²) in [4.78, 5) is 7.32. The van der Waals surface area contributed by atoms with Gasteiger partial charge in [-0.05, 0) is 48.7 Å². The molecule has 128 valence electrons. The third kappa shape index (κ3) is 3.94. The highest BCUT2D eigenvalue weighted by Gasteiger charge is 2.24.